The summed E-state index contributed by atoms with van der Waals surface area (Å²) in [6.07, 6.45) is 0.495. The summed E-state index contributed by atoms with van der Waals surface area (Å²) in [6, 6.07) is 8.42. The third-order valence-electron chi connectivity index (χ3n) is 4.11. The van der Waals surface area contributed by atoms with Crippen molar-refractivity contribution in [3.63, 3.8) is 0 Å². The smallest absolute Gasteiger partial charge is 0.221 e. The molecule has 2 rings (SSSR count). The number of amides is 1. The van der Waals surface area contributed by atoms with E-state index >= 15 is 0 Å². The van der Waals surface area contributed by atoms with Crippen LogP contribution in [0.4, 0.5) is 5.69 Å². The van der Waals surface area contributed by atoms with Crippen LogP contribution in [0.25, 0.3) is 0 Å². The Bertz CT molecular complexity index is 468. The molecular formula is C18H29N3O2. The molecule has 0 radical (unpaired) electrons. The number of carbonyl (C=O) groups excluding carboxylic acids is 1. The van der Waals surface area contributed by atoms with Crippen molar-refractivity contribution >= 4 is 11.6 Å². The number of morpholine rings is 1. The van der Waals surface area contributed by atoms with Gasteiger partial charge in [-0.25, -0.2) is 0 Å². The number of nitrogens with one attached hydrogen (secondary N) is 2. The van der Waals surface area contributed by atoms with Crippen LogP contribution in [-0.4, -0.2) is 56.7 Å². The number of benzene rings is 1. The Labute approximate surface area is 139 Å². The van der Waals surface area contributed by atoms with Gasteiger partial charge in [0.15, 0.2) is 0 Å². The van der Waals surface area contributed by atoms with Gasteiger partial charge in [-0.1, -0.05) is 26.0 Å². The molecule has 5 heteroatoms. The summed E-state index contributed by atoms with van der Waals surface area (Å²) < 4.78 is 5.31. The highest BCUT2D eigenvalue weighted by molar-refractivity contribution is 5.76. The van der Waals surface area contributed by atoms with E-state index in [0.29, 0.717) is 25.4 Å². The van der Waals surface area contributed by atoms with Crippen LogP contribution in [0.2, 0.25) is 0 Å². The average molecular weight is 319 g/mol. The zero-order valence-corrected chi connectivity index (χ0v) is 14.3. The van der Waals surface area contributed by atoms with E-state index in [9.17, 15) is 4.79 Å². The molecule has 23 heavy (non-hydrogen) atoms. The summed E-state index contributed by atoms with van der Waals surface area (Å²) >= 11 is 0. The number of rotatable bonds is 8. The van der Waals surface area contributed by atoms with Gasteiger partial charge in [0.1, 0.15) is 0 Å². The lowest BCUT2D eigenvalue weighted by Crippen LogP contribution is -2.41. The van der Waals surface area contributed by atoms with Gasteiger partial charge >= 0.3 is 0 Å². The Kier molecular flexibility index (Phi) is 7.36. The maximum atomic E-state index is 11.8. The molecule has 0 aliphatic carbocycles. The molecule has 0 aromatic heterocycles. The second-order valence-corrected chi connectivity index (χ2v) is 6.26. The van der Waals surface area contributed by atoms with Gasteiger partial charge < -0.3 is 15.4 Å². The van der Waals surface area contributed by atoms with Gasteiger partial charge in [-0.3, -0.25) is 9.69 Å². The van der Waals surface area contributed by atoms with Crippen LogP contribution in [0.5, 0.6) is 0 Å². The minimum atomic E-state index is 0.101. The fourth-order valence-electron chi connectivity index (χ4n) is 2.57. The molecule has 1 aliphatic heterocycles. The third-order valence-corrected chi connectivity index (χ3v) is 4.11. The third kappa shape index (κ3) is 6.59. The van der Waals surface area contributed by atoms with Crippen LogP contribution in [-0.2, 0) is 9.53 Å². The molecule has 1 heterocycles. The van der Waals surface area contributed by atoms with E-state index in [0.717, 1.165) is 38.5 Å². The SMILES string of the molecule is CC(C)c1ccc(NCCC(=O)NCCN2CCOCC2)cc1. The van der Waals surface area contributed by atoms with Crippen molar-refractivity contribution in [1.29, 1.82) is 0 Å². The number of carbonyl (C=O) groups is 1. The van der Waals surface area contributed by atoms with Crippen LogP contribution in [0.1, 0.15) is 31.7 Å². The van der Waals surface area contributed by atoms with Crippen LogP contribution in [0.3, 0.4) is 0 Å². The Morgan fingerprint density at radius 1 is 1.17 bits per heavy atom. The molecule has 1 aliphatic rings. The summed E-state index contributed by atoms with van der Waals surface area (Å²) in [6.45, 7) is 10.2. The average Bonchev–Trinajstić information content (AvgIpc) is 2.56. The maximum absolute atomic E-state index is 11.8. The second kappa shape index (κ2) is 9.53. The van der Waals surface area contributed by atoms with E-state index in [2.05, 4.69) is 53.6 Å². The summed E-state index contributed by atoms with van der Waals surface area (Å²) in [5, 5.41) is 6.27. The maximum Gasteiger partial charge on any atom is 0.221 e. The topological polar surface area (TPSA) is 53.6 Å². The Balaban J connectivity index is 1.57. The molecule has 0 bridgehead atoms. The minimum absolute atomic E-state index is 0.101. The van der Waals surface area contributed by atoms with Crippen molar-refractivity contribution in [2.75, 3.05) is 51.3 Å². The van der Waals surface area contributed by atoms with Crippen molar-refractivity contribution < 1.29 is 9.53 Å². The van der Waals surface area contributed by atoms with Crippen LogP contribution in [0, 0.1) is 0 Å². The number of anilines is 1. The Hall–Kier alpha value is -1.59. The largest absolute Gasteiger partial charge is 0.385 e. The predicted molar refractivity (Wildman–Crippen MR) is 93.9 cm³/mol. The standard InChI is InChI=1S/C18H29N3O2/c1-15(2)16-3-5-17(6-4-16)19-8-7-18(22)20-9-10-21-11-13-23-14-12-21/h3-6,15,19H,7-14H2,1-2H3,(H,20,22). The van der Waals surface area contributed by atoms with Gasteiger partial charge in [0.25, 0.3) is 0 Å². The van der Waals surface area contributed by atoms with Crippen LogP contribution >= 0.6 is 0 Å². The molecule has 0 atom stereocenters. The van der Waals surface area contributed by atoms with E-state index in [1.807, 2.05) is 0 Å². The predicted octanol–water partition coefficient (Wildman–Crippen LogP) is 2.06. The molecule has 1 aromatic rings. The number of hydrogen-bond donors (Lipinski definition) is 2. The first kappa shape index (κ1) is 17.8. The van der Waals surface area contributed by atoms with Gasteiger partial charge in [-0.2, -0.15) is 0 Å². The normalized spacial score (nSPS) is 15.6. The minimum Gasteiger partial charge on any atom is -0.385 e. The molecule has 0 spiro atoms. The summed E-state index contributed by atoms with van der Waals surface area (Å²) in [7, 11) is 0. The van der Waals surface area contributed by atoms with Gasteiger partial charge in [0.2, 0.25) is 5.91 Å². The second-order valence-electron chi connectivity index (χ2n) is 6.26. The molecule has 1 saturated heterocycles. The van der Waals surface area contributed by atoms with Crippen molar-refractivity contribution in [3.8, 4) is 0 Å². The molecule has 1 fully saturated rings. The molecule has 0 saturated carbocycles. The number of ether oxygens (including phenoxy) is 1. The zero-order chi connectivity index (χ0) is 16.5. The van der Waals surface area contributed by atoms with Crippen molar-refractivity contribution in [2.24, 2.45) is 0 Å². The zero-order valence-electron chi connectivity index (χ0n) is 14.3. The monoisotopic (exact) mass is 319 g/mol. The highest BCUT2D eigenvalue weighted by Gasteiger charge is 2.10. The van der Waals surface area contributed by atoms with E-state index in [-0.39, 0.29) is 5.91 Å². The lowest BCUT2D eigenvalue weighted by atomic mass is 10.0. The first-order chi connectivity index (χ1) is 11.1. The van der Waals surface area contributed by atoms with E-state index in [4.69, 9.17) is 4.74 Å². The fraction of sp³-hybridized carbons (Fsp3) is 0.611. The summed E-state index contributed by atoms with van der Waals surface area (Å²) in [4.78, 5) is 14.1. The molecule has 1 aromatic carbocycles. The molecule has 128 valence electrons. The lowest BCUT2D eigenvalue weighted by Gasteiger charge is -2.26. The number of hydrogen-bond acceptors (Lipinski definition) is 4. The summed E-state index contributed by atoms with van der Waals surface area (Å²) in [5.41, 5.74) is 2.40. The molecule has 0 unspecified atom stereocenters. The molecule has 5 nitrogen and oxygen atoms in total. The Morgan fingerprint density at radius 3 is 2.52 bits per heavy atom. The van der Waals surface area contributed by atoms with Gasteiger partial charge in [-0.15, -0.1) is 0 Å². The quantitative estimate of drug-likeness (QED) is 0.770. The van der Waals surface area contributed by atoms with Gasteiger partial charge in [0, 0.05) is 44.8 Å². The van der Waals surface area contributed by atoms with Crippen LogP contribution in [0.15, 0.2) is 24.3 Å². The van der Waals surface area contributed by atoms with Crippen LogP contribution < -0.4 is 10.6 Å². The van der Waals surface area contributed by atoms with Crippen molar-refractivity contribution in [3.05, 3.63) is 29.8 Å². The van der Waals surface area contributed by atoms with Crippen molar-refractivity contribution in [2.45, 2.75) is 26.2 Å². The molecule has 1 amide bonds. The lowest BCUT2D eigenvalue weighted by molar-refractivity contribution is -0.120. The molecule has 2 N–H and O–H groups in total. The van der Waals surface area contributed by atoms with E-state index < -0.39 is 0 Å². The van der Waals surface area contributed by atoms with E-state index in [1.54, 1.807) is 0 Å². The highest BCUT2D eigenvalue weighted by atomic mass is 16.5. The molecular weight excluding hydrogens is 290 g/mol. The van der Waals surface area contributed by atoms with Crippen molar-refractivity contribution in [1.82, 2.24) is 10.2 Å². The highest BCUT2D eigenvalue weighted by Crippen LogP contribution is 2.16. The first-order valence-electron chi connectivity index (χ1n) is 8.56. The van der Waals surface area contributed by atoms with Gasteiger partial charge in [-0.05, 0) is 23.6 Å². The Morgan fingerprint density at radius 2 is 1.87 bits per heavy atom. The number of nitrogens with zero attached hydrogens (tertiary/aromatic N) is 1. The fourth-order valence-corrected chi connectivity index (χ4v) is 2.57. The summed E-state index contributed by atoms with van der Waals surface area (Å²) in [5.74, 6) is 0.644. The first-order valence-corrected chi connectivity index (χ1v) is 8.56. The van der Waals surface area contributed by atoms with Gasteiger partial charge in [0.05, 0.1) is 13.2 Å². The van der Waals surface area contributed by atoms with E-state index in [1.165, 1.54) is 5.56 Å².